The molecule has 0 amide bonds. The summed E-state index contributed by atoms with van der Waals surface area (Å²) in [6.45, 7) is 1.88. The lowest BCUT2D eigenvalue weighted by molar-refractivity contribution is -0.384. The maximum Gasteiger partial charge on any atom is 0.338 e. The Bertz CT molecular complexity index is 553. The van der Waals surface area contributed by atoms with E-state index in [2.05, 4.69) is 0 Å². The molecule has 0 fully saturated rings. The molecule has 8 heteroatoms. The van der Waals surface area contributed by atoms with E-state index in [0.717, 1.165) is 24.3 Å². The van der Waals surface area contributed by atoms with Crippen molar-refractivity contribution in [2.45, 2.75) is 19.4 Å². The van der Waals surface area contributed by atoms with Gasteiger partial charge in [0, 0.05) is 25.2 Å². The molecule has 0 saturated carbocycles. The van der Waals surface area contributed by atoms with Gasteiger partial charge in [0.15, 0.2) is 0 Å². The van der Waals surface area contributed by atoms with Crippen molar-refractivity contribution >= 4 is 29.1 Å². The van der Waals surface area contributed by atoms with Crippen molar-refractivity contribution in [2.75, 3.05) is 24.0 Å². The van der Waals surface area contributed by atoms with E-state index in [1.807, 2.05) is 13.2 Å². The molecule has 0 radical (unpaired) electrons. The summed E-state index contributed by atoms with van der Waals surface area (Å²) >= 11 is 1.65. The second-order valence-corrected chi connectivity index (χ2v) is 5.61. The monoisotopic (exact) mass is 316 g/mol. The average Bonchev–Trinajstić information content (AvgIpc) is 2.42. The molecule has 1 atom stereocenters. The van der Waals surface area contributed by atoms with Gasteiger partial charge in [-0.25, -0.2) is 9.18 Å². The van der Waals surface area contributed by atoms with Crippen molar-refractivity contribution in [1.82, 2.24) is 0 Å². The molecule has 1 aromatic carbocycles. The van der Waals surface area contributed by atoms with Crippen molar-refractivity contribution in [3.05, 3.63) is 33.6 Å². The van der Waals surface area contributed by atoms with E-state index in [1.54, 1.807) is 23.7 Å². The molecule has 116 valence electrons. The average molecular weight is 316 g/mol. The number of rotatable bonds is 7. The van der Waals surface area contributed by atoms with Crippen LogP contribution in [-0.2, 0) is 0 Å². The Morgan fingerprint density at radius 1 is 1.57 bits per heavy atom. The quantitative estimate of drug-likeness (QED) is 0.615. The van der Waals surface area contributed by atoms with Crippen LogP contribution in [-0.4, -0.2) is 41.1 Å². The van der Waals surface area contributed by atoms with E-state index in [9.17, 15) is 19.3 Å². The van der Waals surface area contributed by atoms with Crippen molar-refractivity contribution in [2.24, 2.45) is 0 Å². The number of aromatic carboxylic acids is 1. The molecule has 0 aliphatic heterocycles. The van der Waals surface area contributed by atoms with Gasteiger partial charge in [-0.15, -0.1) is 0 Å². The highest BCUT2D eigenvalue weighted by Gasteiger charge is 2.25. The summed E-state index contributed by atoms with van der Waals surface area (Å²) in [7, 11) is 1.63. The molecule has 0 aliphatic carbocycles. The summed E-state index contributed by atoms with van der Waals surface area (Å²) < 4.78 is 13.8. The fraction of sp³-hybridized carbons (Fsp3) is 0.462. The van der Waals surface area contributed by atoms with Crippen LogP contribution < -0.4 is 4.90 Å². The van der Waals surface area contributed by atoms with Crippen LogP contribution in [0, 0.1) is 15.9 Å². The molecule has 1 rings (SSSR count). The van der Waals surface area contributed by atoms with Gasteiger partial charge in [-0.1, -0.05) is 0 Å². The zero-order valence-corrected chi connectivity index (χ0v) is 12.8. The number of halogens is 1. The Morgan fingerprint density at radius 2 is 2.19 bits per heavy atom. The fourth-order valence-corrected chi connectivity index (χ4v) is 2.44. The highest BCUT2D eigenvalue weighted by molar-refractivity contribution is 7.98. The van der Waals surface area contributed by atoms with Gasteiger partial charge in [-0.2, -0.15) is 11.8 Å². The van der Waals surface area contributed by atoms with Crippen LogP contribution in [0.15, 0.2) is 12.1 Å². The van der Waals surface area contributed by atoms with Crippen molar-refractivity contribution in [3.8, 4) is 0 Å². The smallest absolute Gasteiger partial charge is 0.338 e. The predicted molar refractivity (Wildman–Crippen MR) is 80.9 cm³/mol. The first-order valence-corrected chi connectivity index (χ1v) is 7.62. The molecular weight excluding hydrogens is 299 g/mol. The molecule has 1 unspecified atom stereocenters. The van der Waals surface area contributed by atoms with E-state index >= 15 is 0 Å². The summed E-state index contributed by atoms with van der Waals surface area (Å²) in [6, 6.07) is 1.65. The van der Waals surface area contributed by atoms with Crippen LogP contribution in [0.4, 0.5) is 15.8 Å². The number of anilines is 1. The molecule has 1 N–H and O–H groups in total. The normalized spacial score (nSPS) is 12.0. The lowest BCUT2D eigenvalue weighted by atomic mass is 10.1. The lowest BCUT2D eigenvalue weighted by Gasteiger charge is -2.26. The van der Waals surface area contributed by atoms with Gasteiger partial charge >= 0.3 is 5.97 Å². The van der Waals surface area contributed by atoms with E-state index < -0.39 is 28.0 Å². The molecule has 0 saturated heterocycles. The summed E-state index contributed by atoms with van der Waals surface area (Å²) in [5, 5.41) is 20.0. The summed E-state index contributed by atoms with van der Waals surface area (Å²) in [6.07, 6.45) is 2.73. The Kier molecular flexibility index (Phi) is 5.95. The second-order valence-electron chi connectivity index (χ2n) is 4.62. The maximum absolute atomic E-state index is 13.8. The van der Waals surface area contributed by atoms with Crippen molar-refractivity contribution in [3.63, 3.8) is 0 Å². The molecule has 21 heavy (non-hydrogen) atoms. The highest BCUT2D eigenvalue weighted by Crippen LogP contribution is 2.32. The van der Waals surface area contributed by atoms with E-state index in [4.69, 9.17) is 5.11 Å². The molecule has 6 nitrogen and oxygen atoms in total. The number of nitro groups is 1. The first-order valence-electron chi connectivity index (χ1n) is 6.22. The molecular formula is C13H17FN2O4S. The minimum Gasteiger partial charge on any atom is -0.478 e. The number of carbonyl (C=O) groups is 1. The summed E-state index contributed by atoms with van der Waals surface area (Å²) in [5.41, 5.74) is -1.03. The molecule has 0 spiro atoms. The summed E-state index contributed by atoms with van der Waals surface area (Å²) in [5.74, 6) is -1.64. The number of benzene rings is 1. The lowest BCUT2D eigenvalue weighted by Crippen LogP contribution is -2.30. The van der Waals surface area contributed by atoms with Gasteiger partial charge in [-0.3, -0.25) is 10.1 Å². The Hall–Kier alpha value is -1.83. The fourth-order valence-electron chi connectivity index (χ4n) is 1.86. The van der Waals surface area contributed by atoms with Crippen LogP contribution in [0.25, 0.3) is 0 Å². The molecule has 1 aromatic rings. The second kappa shape index (κ2) is 7.26. The van der Waals surface area contributed by atoms with Crippen LogP contribution in [0.3, 0.4) is 0 Å². The largest absolute Gasteiger partial charge is 0.478 e. The van der Waals surface area contributed by atoms with Gasteiger partial charge < -0.3 is 10.0 Å². The number of nitro benzene ring substituents is 1. The summed E-state index contributed by atoms with van der Waals surface area (Å²) in [4.78, 5) is 22.9. The maximum atomic E-state index is 13.8. The zero-order chi connectivity index (χ0) is 16.2. The Labute approximate surface area is 126 Å². The molecule has 0 heterocycles. The highest BCUT2D eigenvalue weighted by atomic mass is 32.2. The van der Waals surface area contributed by atoms with E-state index in [0.29, 0.717) is 0 Å². The predicted octanol–water partition coefficient (Wildman–Crippen LogP) is 3.01. The Balaban J connectivity index is 3.25. The first kappa shape index (κ1) is 17.2. The van der Waals surface area contributed by atoms with E-state index in [-0.39, 0.29) is 11.7 Å². The van der Waals surface area contributed by atoms with Crippen molar-refractivity contribution < 1.29 is 19.2 Å². The standard InChI is InChI=1S/C13H17FN2O4S/c1-8(4-5-21-3)15(2)11-7-10(14)9(13(17)18)6-12(11)16(19)20/h6-8H,4-5H2,1-3H3,(H,17,18). The minimum atomic E-state index is -1.53. The first-order chi connectivity index (χ1) is 9.79. The minimum absolute atomic E-state index is 0.0359. The third-order valence-corrected chi connectivity index (χ3v) is 3.92. The third kappa shape index (κ3) is 4.07. The SMILES string of the molecule is CSCCC(C)N(C)c1cc(F)c(C(=O)O)cc1[N+](=O)[O-]. The number of thioether (sulfide) groups is 1. The third-order valence-electron chi connectivity index (χ3n) is 3.27. The van der Waals surface area contributed by atoms with Crippen LogP contribution in [0.1, 0.15) is 23.7 Å². The molecule has 0 aromatic heterocycles. The van der Waals surface area contributed by atoms with Crippen LogP contribution in [0.2, 0.25) is 0 Å². The van der Waals surface area contributed by atoms with Gasteiger partial charge in [0.1, 0.15) is 17.1 Å². The Morgan fingerprint density at radius 3 is 2.67 bits per heavy atom. The number of hydrogen-bond donors (Lipinski definition) is 1. The molecule has 0 bridgehead atoms. The van der Waals surface area contributed by atoms with Crippen LogP contribution >= 0.6 is 11.8 Å². The van der Waals surface area contributed by atoms with E-state index in [1.165, 1.54) is 0 Å². The topological polar surface area (TPSA) is 83.7 Å². The van der Waals surface area contributed by atoms with Crippen molar-refractivity contribution in [1.29, 1.82) is 0 Å². The zero-order valence-electron chi connectivity index (χ0n) is 12.0. The number of carboxylic acid groups (broad SMARTS) is 1. The van der Waals surface area contributed by atoms with Crippen LogP contribution in [0.5, 0.6) is 0 Å². The number of carboxylic acids is 1. The number of nitrogens with zero attached hydrogens (tertiary/aromatic N) is 2. The van der Waals surface area contributed by atoms with Gasteiger partial charge in [-0.05, 0) is 25.4 Å². The number of hydrogen-bond acceptors (Lipinski definition) is 5. The molecule has 0 aliphatic rings. The van der Waals surface area contributed by atoms with Gasteiger partial charge in [0.05, 0.1) is 4.92 Å². The van der Waals surface area contributed by atoms with Gasteiger partial charge in [0.25, 0.3) is 5.69 Å². The van der Waals surface area contributed by atoms with Gasteiger partial charge in [0.2, 0.25) is 0 Å².